The van der Waals surface area contributed by atoms with Gasteiger partial charge in [-0.1, -0.05) is 5.16 Å². The number of nitrogens with zero attached hydrogens (tertiary/aromatic N) is 2. The molecule has 1 fully saturated rings. The van der Waals surface area contributed by atoms with Gasteiger partial charge in [0.05, 0.1) is 0 Å². The molecule has 3 rings (SSSR count). The summed E-state index contributed by atoms with van der Waals surface area (Å²) in [5.41, 5.74) is 1.21. The van der Waals surface area contributed by atoms with Gasteiger partial charge in [-0.3, -0.25) is 4.79 Å². The zero-order chi connectivity index (χ0) is 15.5. The van der Waals surface area contributed by atoms with Crippen LogP contribution in [0.4, 0.5) is 10.1 Å². The van der Waals surface area contributed by atoms with Crippen molar-refractivity contribution in [3.8, 4) is 0 Å². The molecule has 22 heavy (non-hydrogen) atoms. The molecule has 0 radical (unpaired) electrons. The Bertz CT molecular complexity index is 654. The summed E-state index contributed by atoms with van der Waals surface area (Å²) in [5.74, 6) is 0.260. The van der Waals surface area contributed by atoms with Gasteiger partial charge < -0.3 is 14.7 Å². The van der Waals surface area contributed by atoms with Crippen LogP contribution in [0.5, 0.6) is 0 Å². The number of hydrogen-bond acceptors (Lipinski definition) is 4. The summed E-state index contributed by atoms with van der Waals surface area (Å²) in [7, 11) is 0. The summed E-state index contributed by atoms with van der Waals surface area (Å²) in [6, 6.07) is 8.06. The number of nitrogens with one attached hydrogen (secondary N) is 1. The lowest BCUT2D eigenvalue weighted by molar-refractivity contribution is 0.0704. The molecule has 0 bridgehead atoms. The van der Waals surface area contributed by atoms with Crippen molar-refractivity contribution in [2.24, 2.45) is 0 Å². The first-order valence-corrected chi connectivity index (χ1v) is 7.36. The topological polar surface area (TPSA) is 58.4 Å². The largest absolute Gasteiger partial charge is 0.381 e. The smallest absolute Gasteiger partial charge is 0.276 e. The number of carbonyl (C=O) groups is 1. The number of aromatic nitrogens is 1. The molecule has 2 heterocycles. The highest BCUT2D eigenvalue weighted by atomic mass is 19.1. The maximum absolute atomic E-state index is 12.9. The molecule has 1 aliphatic heterocycles. The van der Waals surface area contributed by atoms with Gasteiger partial charge in [0.15, 0.2) is 5.69 Å². The maximum Gasteiger partial charge on any atom is 0.276 e. The lowest BCUT2D eigenvalue weighted by Crippen LogP contribution is -2.45. The molecule has 116 valence electrons. The average Bonchev–Trinajstić information content (AvgIpc) is 2.96. The summed E-state index contributed by atoms with van der Waals surface area (Å²) >= 11 is 0. The van der Waals surface area contributed by atoms with Crippen LogP contribution < -0.4 is 5.32 Å². The second-order valence-electron chi connectivity index (χ2n) is 5.56. The number of rotatable bonds is 3. The summed E-state index contributed by atoms with van der Waals surface area (Å²) in [6.45, 7) is 3.08. The van der Waals surface area contributed by atoms with Crippen LogP contribution in [-0.2, 0) is 0 Å². The second kappa shape index (κ2) is 6.17. The molecule has 5 nitrogen and oxygen atoms in total. The molecule has 6 heteroatoms. The molecular weight excluding hydrogens is 285 g/mol. The number of hydrogen-bond donors (Lipinski definition) is 1. The summed E-state index contributed by atoms with van der Waals surface area (Å²) in [6.07, 6.45) is 1.89. The van der Waals surface area contributed by atoms with Crippen LogP contribution in [0.3, 0.4) is 0 Å². The molecule has 2 aromatic rings. The third kappa shape index (κ3) is 3.27. The number of amides is 1. The average molecular weight is 303 g/mol. The van der Waals surface area contributed by atoms with Crippen LogP contribution in [0.25, 0.3) is 0 Å². The molecule has 1 atom stereocenters. The van der Waals surface area contributed by atoms with E-state index < -0.39 is 0 Å². The number of halogens is 1. The van der Waals surface area contributed by atoms with Gasteiger partial charge in [0.25, 0.3) is 5.91 Å². The fourth-order valence-electron chi connectivity index (χ4n) is 2.69. The fourth-order valence-corrected chi connectivity index (χ4v) is 2.69. The minimum Gasteiger partial charge on any atom is -0.381 e. The Morgan fingerprint density at radius 2 is 2.18 bits per heavy atom. The van der Waals surface area contributed by atoms with Crippen LogP contribution in [0.1, 0.15) is 29.1 Å². The van der Waals surface area contributed by atoms with E-state index in [0.717, 1.165) is 18.5 Å². The van der Waals surface area contributed by atoms with Crippen molar-refractivity contribution in [2.45, 2.75) is 25.8 Å². The van der Waals surface area contributed by atoms with Crippen LogP contribution in [0.15, 0.2) is 34.9 Å². The van der Waals surface area contributed by atoms with Crippen molar-refractivity contribution in [1.82, 2.24) is 10.1 Å². The van der Waals surface area contributed by atoms with Gasteiger partial charge in [-0.15, -0.1) is 0 Å². The Hall–Kier alpha value is -2.37. The Kier molecular flexibility index (Phi) is 4.09. The molecule has 1 N–H and O–H groups in total. The third-order valence-electron chi connectivity index (χ3n) is 3.77. The SMILES string of the molecule is Cc1cc(C(=O)N2CCCC(Nc3ccc(F)cc3)C2)no1. The van der Waals surface area contributed by atoms with Crippen molar-refractivity contribution in [3.05, 3.63) is 47.6 Å². The van der Waals surface area contributed by atoms with E-state index in [1.165, 1.54) is 12.1 Å². The van der Waals surface area contributed by atoms with Gasteiger partial charge in [-0.2, -0.15) is 0 Å². The molecule has 1 unspecified atom stereocenters. The Balaban J connectivity index is 1.63. The minimum atomic E-state index is -0.257. The lowest BCUT2D eigenvalue weighted by atomic mass is 10.0. The Morgan fingerprint density at radius 1 is 1.41 bits per heavy atom. The molecule has 1 aromatic heterocycles. The summed E-state index contributed by atoms with van der Waals surface area (Å²) < 4.78 is 17.9. The molecule has 0 aliphatic carbocycles. The molecular formula is C16H18FN3O2. The van der Waals surface area contributed by atoms with E-state index in [4.69, 9.17) is 4.52 Å². The van der Waals surface area contributed by atoms with Crippen LogP contribution in [-0.4, -0.2) is 35.1 Å². The quantitative estimate of drug-likeness (QED) is 0.947. The van der Waals surface area contributed by atoms with Gasteiger partial charge in [0, 0.05) is 30.9 Å². The van der Waals surface area contributed by atoms with Gasteiger partial charge in [0.1, 0.15) is 11.6 Å². The molecule has 0 saturated carbocycles. The number of aryl methyl sites for hydroxylation is 1. The van der Waals surface area contributed by atoms with Crippen molar-refractivity contribution in [1.29, 1.82) is 0 Å². The molecule has 1 saturated heterocycles. The van der Waals surface area contributed by atoms with Crippen molar-refractivity contribution < 1.29 is 13.7 Å². The monoisotopic (exact) mass is 303 g/mol. The predicted molar refractivity (Wildman–Crippen MR) is 80.2 cm³/mol. The standard InChI is InChI=1S/C16H18FN3O2/c1-11-9-15(19-22-11)16(21)20-8-2-3-14(10-20)18-13-6-4-12(17)5-7-13/h4-7,9,14,18H,2-3,8,10H2,1H3. The van der Waals surface area contributed by atoms with Crippen LogP contribution in [0, 0.1) is 12.7 Å². The fraction of sp³-hybridized carbons (Fsp3) is 0.375. The number of piperidine rings is 1. The first-order valence-electron chi connectivity index (χ1n) is 7.36. The zero-order valence-electron chi connectivity index (χ0n) is 12.4. The van der Waals surface area contributed by atoms with Crippen LogP contribution >= 0.6 is 0 Å². The molecule has 1 amide bonds. The van der Waals surface area contributed by atoms with E-state index in [1.807, 2.05) is 0 Å². The highest BCUT2D eigenvalue weighted by Gasteiger charge is 2.26. The van der Waals surface area contributed by atoms with E-state index in [2.05, 4.69) is 10.5 Å². The van der Waals surface area contributed by atoms with Gasteiger partial charge in [0.2, 0.25) is 0 Å². The molecule has 1 aliphatic rings. The predicted octanol–water partition coefficient (Wildman–Crippen LogP) is 2.84. The minimum absolute atomic E-state index is 0.109. The van der Waals surface area contributed by atoms with E-state index in [9.17, 15) is 9.18 Å². The highest BCUT2D eigenvalue weighted by Crippen LogP contribution is 2.18. The highest BCUT2D eigenvalue weighted by molar-refractivity contribution is 5.92. The molecule has 1 aromatic carbocycles. The van der Waals surface area contributed by atoms with E-state index >= 15 is 0 Å². The van der Waals surface area contributed by atoms with E-state index in [0.29, 0.717) is 24.5 Å². The number of carbonyl (C=O) groups excluding carboxylic acids is 1. The van der Waals surface area contributed by atoms with Crippen molar-refractivity contribution in [2.75, 3.05) is 18.4 Å². The third-order valence-corrected chi connectivity index (χ3v) is 3.77. The summed E-state index contributed by atoms with van der Waals surface area (Å²) in [5, 5.41) is 7.13. The number of benzene rings is 1. The second-order valence-corrected chi connectivity index (χ2v) is 5.56. The van der Waals surface area contributed by atoms with E-state index in [-0.39, 0.29) is 17.8 Å². The first-order chi connectivity index (χ1) is 10.6. The van der Waals surface area contributed by atoms with Crippen LogP contribution in [0.2, 0.25) is 0 Å². The van der Waals surface area contributed by atoms with Gasteiger partial charge >= 0.3 is 0 Å². The van der Waals surface area contributed by atoms with Gasteiger partial charge in [-0.05, 0) is 44.0 Å². The maximum atomic E-state index is 12.9. The van der Waals surface area contributed by atoms with E-state index in [1.54, 1.807) is 30.0 Å². The van der Waals surface area contributed by atoms with Gasteiger partial charge in [-0.25, -0.2) is 4.39 Å². The molecule has 0 spiro atoms. The van der Waals surface area contributed by atoms with Crippen molar-refractivity contribution >= 4 is 11.6 Å². The Morgan fingerprint density at radius 3 is 2.86 bits per heavy atom. The first kappa shape index (κ1) is 14.6. The Labute approximate surface area is 128 Å². The number of anilines is 1. The summed E-state index contributed by atoms with van der Waals surface area (Å²) in [4.78, 5) is 14.2. The van der Waals surface area contributed by atoms with Crippen molar-refractivity contribution in [3.63, 3.8) is 0 Å². The normalized spacial score (nSPS) is 18.3. The number of likely N-dealkylation sites (tertiary alicyclic amines) is 1. The lowest BCUT2D eigenvalue weighted by Gasteiger charge is -2.33. The zero-order valence-corrected chi connectivity index (χ0v) is 12.4.